The summed E-state index contributed by atoms with van der Waals surface area (Å²) in [4.78, 5) is 16.4. The Morgan fingerprint density at radius 2 is 1.94 bits per heavy atom. The molecule has 9 nitrogen and oxygen atoms in total. The zero-order valence-electron chi connectivity index (χ0n) is 16.7. The van der Waals surface area contributed by atoms with E-state index in [2.05, 4.69) is 15.4 Å². The van der Waals surface area contributed by atoms with Crippen LogP contribution in [0.2, 0.25) is 5.02 Å². The molecule has 5 N–H and O–H groups in total. The number of hydrogen-bond donors (Lipinski definition) is 3. The lowest BCUT2D eigenvalue weighted by atomic mass is 10.1. The van der Waals surface area contributed by atoms with Gasteiger partial charge in [0, 0.05) is 28.5 Å². The van der Waals surface area contributed by atoms with Crippen LogP contribution in [0.5, 0.6) is 0 Å². The van der Waals surface area contributed by atoms with Crippen LogP contribution in [0.25, 0.3) is 10.9 Å². The van der Waals surface area contributed by atoms with Gasteiger partial charge in [-0.15, -0.1) is 0 Å². The van der Waals surface area contributed by atoms with E-state index in [9.17, 15) is 13.2 Å². The molecule has 0 spiro atoms. The lowest BCUT2D eigenvalue weighted by molar-refractivity contribution is -0.115. The molecule has 32 heavy (non-hydrogen) atoms. The first-order valence-electron chi connectivity index (χ1n) is 9.47. The maximum absolute atomic E-state index is 12.5. The van der Waals surface area contributed by atoms with Crippen LogP contribution in [0.3, 0.4) is 0 Å². The van der Waals surface area contributed by atoms with Crippen LogP contribution in [0.15, 0.2) is 65.8 Å². The number of nitrogens with one attached hydrogen (secondary N) is 1. The monoisotopic (exact) mass is 470 g/mol. The Morgan fingerprint density at radius 1 is 1.16 bits per heavy atom. The van der Waals surface area contributed by atoms with Gasteiger partial charge in [0.05, 0.1) is 23.4 Å². The summed E-state index contributed by atoms with van der Waals surface area (Å²) >= 11 is 6.11. The number of rotatable bonds is 6. The molecule has 2 heterocycles. The van der Waals surface area contributed by atoms with Crippen molar-refractivity contribution in [1.29, 1.82) is 0 Å². The highest BCUT2D eigenvalue weighted by Gasteiger charge is 2.18. The first kappa shape index (κ1) is 21.8. The second-order valence-corrected chi connectivity index (χ2v) is 9.12. The molecule has 0 bridgehead atoms. The van der Waals surface area contributed by atoms with Crippen molar-refractivity contribution in [1.82, 2.24) is 14.8 Å². The second-order valence-electron chi connectivity index (χ2n) is 7.19. The predicted molar refractivity (Wildman–Crippen MR) is 123 cm³/mol. The lowest BCUT2D eigenvalue weighted by Gasteiger charge is -2.08. The summed E-state index contributed by atoms with van der Waals surface area (Å²) in [6, 6.07) is 13.4. The van der Waals surface area contributed by atoms with Gasteiger partial charge in [-0.2, -0.15) is 5.10 Å². The number of fused-ring (bicyclic) bond motifs is 1. The van der Waals surface area contributed by atoms with Crippen molar-refractivity contribution in [3.05, 3.63) is 77.1 Å². The molecule has 2 aromatic heterocycles. The minimum Gasteiger partial charge on any atom is -0.384 e. The van der Waals surface area contributed by atoms with Crippen LogP contribution >= 0.6 is 11.6 Å². The normalized spacial score (nSPS) is 11.6. The number of carbonyl (C=O) groups excluding carboxylic acids is 1. The number of aromatic nitrogens is 3. The Labute approximate surface area is 189 Å². The van der Waals surface area contributed by atoms with Crippen LogP contribution in [0.4, 0.5) is 11.5 Å². The Hall–Kier alpha value is -3.47. The van der Waals surface area contributed by atoms with Crippen molar-refractivity contribution >= 4 is 49.9 Å². The number of hydrogen-bond acceptors (Lipinski definition) is 6. The van der Waals surface area contributed by atoms with E-state index in [-0.39, 0.29) is 22.9 Å². The fourth-order valence-electron chi connectivity index (χ4n) is 3.27. The maximum atomic E-state index is 12.5. The quantitative estimate of drug-likeness (QED) is 0.394. The molecule has 0 aliphatic heterocycles. The molecule has 0 aliphatic rings. The van der Waals surface area contributed by atoms with E-state index in [1.54, 1.807) is 59.5 Å². The predicted octanol–water partition coefficient (Wildman–Crippen LogP) is 2.54. The average molecular weight is 471 g/mol. The van der Waals surface area contributed by atoms with E-state index < -0.39 is 10.0 Å². The van der Waals surface area contributed by atoms with Crippen molar-refractivity contribution in [3.63, 3.8) is 0 Å². The van der Waals surface area contributed by atoms with E-state index >= 15 is 0 Å². The minimum absolute atomic E-state index is 0.0288. The topological polar surface area (TPSA) is 146 Å². The molecule has 164 valence electrons. The third-order valence-electron chi connectivity index (χ3n) is 4.73. The van der Waals surface area contributed by atoms with Crippen molar-refractivity contribution in [2.45, 2.75) is 17.9 Å². The fourth-order valence-corrected chi connectivity index (χ4v) is 4.22. The molecule has 0 radical (unpaired) electrons. The molecule has 0 aliphatic carbocycles. The lowest BCUT2D eigenvalue weighted by Crippen LogP contribution is -2.16. The number of amides is 1. The number of nitrogens with two attached hydrogens (primary N) is 2. The van der Waals surface area contributed by atoms with E-state index in [1.807, 2.05) is 0 Å². The first-order valence-corrected chi connectivity index (χ1v) is 11.4. The molecule has 0 saturated carbocycles. The molecule has 0 fully saturated rings. The molecule has 0 saturated heterocycles. The third-order valence-corrected chi connectivity index (χ3v) is 6.05. The van der Waals surface area contributed by atoms with Crippen molar-refractivity contribution in [2.24, 2.45) is 5.14 Å². The Balaban J connectivity index is 1.65. The maximum Gasteiger partial charge on any atom is 0.238 e. The standard InChI is InChI=1S/C21H19ClN6O3S/c22-17-4-2-1-3-14(17)7-21(29)26-15-8-18-16(19(9-15)32(24,30)31)12-28(27-18)11-13-5-6-20(23)25-10-13/h1-6,8-10,12H,7,11H2,(H2,23,25)(H,26,29)(H2,24,30,31). The first-order chi connectivity index (χ1) is 15.2. The smallest absolute Gasteiger partial charge is 0.238 e. The highest BCUT2D eigenvalue weighted by molar-refractivity contribution is 7.89. The minimum atomic E-state index is -4.07. The van der Waals surface area contributed by atoms with Crippen LogP contribution in [0, 0.1) is 0 Å². The largest absolute Gasteiger partial charge is 0.384 e. The van der Waals surface area contributed by atoms with Gasteiger partial charge in [-0.05, 0) is 35.4 Å². The number of halogens is 1. The summed E-state index contributed by atoms with van der Waals surface area (Å²) in [5, 5.41) is 13.4. The van der Waals surface area contributed by atoms with Gasteiger partial charge < -0.3 is 11.1 Å². The molecule has 0 atom stereocenters. The van der Waals surface area contributed by atoms with Gasteiger partial charge in [0.25, 0.3) is 0 Å². The number of benzene rings is 2. The highest BCUT2D eigenvalue weighted by atomic mass is 35.5. The molecule has 2 aromatic carbocycles. The molecule has 11 heteroatoms. The van der Waals surface area contributed by atoms with E-state index in [4.69, 9.17) is 22.5 Å². The number of pyridine rings is 1. The Kier molecular flexibility index (Phi) is 5.83. The number of primary sulfonamides is 1. The van der Waals surface area contributed by atoms with E-state index in [0.717, 1.165) is 5.56 Å². The number of carbonyl (C=O) groups is 1. The summed E-state index contributed by atoms with van der Waals surface area (Å²) in [7, 11) is -4.07. The fraction of sp³-hybridized carbons (Fsp3) is 0.0952. The SMILES string of the molecule is Nc1ccc(Cn2cc3c(S(N)(=O)=O)cc(NC(=O)Cc4ccccc4Cl)cc3n2)cn1. The zero-order chi connectivity index (χ0) is 22.9. The highest BCUT2D eigenvalue weighted by Crippen LogP contribution is 2.27. The molecule has 4 rings (SSSR count). The van der Waals surface area contributed by atoms with Crippen molar-refractivity contribution in [3.8, 4) is 0 Å². The van der Waals surface area contributed by atoms with E-state index in [1.165, 1.54) is 6.07 Å². The van der Waals surface area contributed by atoms with Crippen LogP contribution in [-0.2, 0) is 27.8 Å². The Morgan fingerprint density at radius 3 is 2.62 bits per heavy atom. The van der Waals surface area contributed by atoms with Gasteiger partial charge in [0.1, 0.15) is 5.82 Å². The molecular weight excluding hydrogens is 452 g/mol. The number of nitrogen functional groups attached to an aromatic ring is 1. The summed E-state index contributed by atoms with van der Waals surface area (Å²) in [6.07, 6.45) is 3.23. The zero-order valence-corrected chi connectivity index (χ0v) is 18.3. The third kappa shape index (κ3) is 4.88. The van der Waals surface area contributed by atoms with Crippen LogP contribution in [-0.4, -0.2) is 29.1 Å². The summed E-state index contributed by atoms with van der Waals surface area (Å²) in [5.41, 5.74) is 7.72. The van der Waals surface area contributed by atoms with Gasteiger partial charge >= 0.3 is 0 Å². The van der Waals surface area contributed by atoms with Crippen LogP contribution < -0.4 is 16.2 Å². The summed E-state index contributed by atoms with van der Waals surface area (Å²) < 4.78 is 26.0. The van der Waals surface area contributed by atoms with Gasteiger partial charge in [-0.3, -0.25) is 9.48 Å². The van der Waals surface area contributed by atoms with Gasteiger partial charge in [0.15, 0.2) is 0 Å². The molecule has 4 aromatic rings. The Bertz CT molecular complexity index is 1420. The molecule has 0 unspecified atom stereocenters. The summed E-state index contributed by atoms with van der Waals surface area (Å²) in [6.45, 7) is 0.347. The molecular formula is C21H19ClN6O3S. The second kappa shape index (κ2) is 8.58. The molecule has 1 amide bonds. The van der Waals surface area contributed by atoms with Gasteiger partial charge in [0.2, 0.25) is 15.9 Å². The van der Waals surface area contributed by atoms with Crippen LogP contribution in [0.1, 0.15) is 11.1 Å². The number of nitrogens with zero attached hydrogens (tertiary/aromatic N) is 3. The number of sulfonamides is 1. The summed E-state index contributed by atoms with van der Waals surface area (Å²) in [5.74, 6) is 0.0401. The van der Waals surface area contributed by atoms with Crippen molar-refractivity contribution in [2.75, 3.05) is 11.1 Å². The average Bonchev–Trinajstić information content (AvgIpc) is 3.12. The van der Waals surface area contributed by atoms with Gasteiger partial charge in [-0.1, -0.05) is 35.9 Å². The van der Waals surface area contributed by atoms with Gasteiger partial charge in [-0.25, -0.2) is 18.5 Å². The van der Waals surface area contributed by atoms with Crippen molar-refractivity contribution < 1.29 is 13.2 Å². The number of anilines is 2. The van der Waals surface area contributed by atoms with E-state index in [0.29, 0.717) is 33.9 Å².